The molecule has 1 saturated carbocycles. The van der Waals surface area contributed by atoms with Crippen molar-refractivity contribution in [2.45, 2.75) is 52.0 Å². The summed E-state index contributed by atoms with van der Waals surface area (Å²) in [6.07, 6.45) is 6.73. The van der Waals surface area contributed by atoms with Crippen LogP contribution in [0.25, 0.3) is 0 Å². The van der Waals surface area contributed by atoms with Crippen molar-refractivity contribution >= 4 is 11.9 Å². The number of nitrogens with two attached hydrogens (primary N) is 1. The summed E-state index contributed by atoms with van der Waals surface area (Å²) in [5.41, 5.74) is 6.84. The van der Waals surface area contributed by atoms with Gasteiger partial charge in [0.25, 0.3) is 5.91 Å². The second-order valence-electron chi connectivity index (χ2n) is 7.39. The number of carbonyl (C=O) groups is 1. The fourth-order valence-electron chi connectivity index (χ4n) is 3.29. The Morgan fingerprint density at radius 3 is 2.65 bits per heavy atom. The van der Waals surface area contributed by atoms with Crippen LogP contribution in [0.5, 0.6) is 0 Å². The Balaban J connectivity index is 1.79. The minimum atomic E-state index is -0.454. The van der Waals surface area contributed by atoms with Gasteiger partial charge >= 0.3 is 0 Å². The topological polar surface area (TPSA) is 90.1 Å². The van der Waals surface area contributed by atoms with Gasteiger partial charge in [-0.05, 0) is 43.4 Å². The maximum atomic E-state index is 11.7. The first kappa shape index (κ1) is 16.2. The molecular formula is C17H26N4O2. The summed E-state index contributed by atoms with van der Waals surface area (Å²) >= 11 is 0. The second kappa shape index (κ2) is 6.43. The van der Waals surface area contributed by atoms with Gasteiger partial charge in [0.2, 0.25) is 5.95 Å². The normalized spacial score (nSPS) is 19.6. The number of hydrogen-bond donors (Lipinski definition) is 2. The monoisotopic (exact) mass is 318 g/mol. The van der Waals surface area contributed by atoms with Crippen LogP contribution < -0.4 is 11.1 Å². The van der Waals surface area contributed by atoms with E-state index in [0.717, 1.165) is 38.2 Å². The summed E-state index contributed by atoms with van der Waals surface area (Å²) in [6, 6.07) is 0.326. The maximum absolute atomic E-state index is 11.7. The molecule has 6 heteroatoms. The molecule has 2 heterocycles. The van der Waals surface area contributed by atoms with E-state index in [-0.39, 0.29) is 5.41 Å². The highest BCUT2D eigenvalue weighted by molar-refractivity contribution is 5.93. The third kappa shape index (κ3) is 3.99. The van der Waals surface area contributed by atoms with Gasteiger partial charge in [-0.1, -0.05) is 13.8 Å². The molecule has 2 aliphatic rings. The van der Waals surface area contributed by atoms with Gasteiger partial charge in [-0.25, -0.2) is 9.97 Å². The molecule has 1 saturated heterocycles. The van der Waals surface area contributed by atoms with Crippen molar-refractivity contribution in [2.75, 3.05) is 18.5 Å². The van der Waals surface area contributed by atoms with Crippen LogP contribution >= 0.6 is 0 Å². The number of nitrogens with zero attached hydrogens (tertiary/aromatic N) is 2. The highest BCUT2D eigenvalue weighted by Gasteiger charge is 2.38. The van der Waals surface area contributed by atoms with Crippen LogP contribution in [0.1, 0.15) is 55.6 Å². The molecule has 0 bridgehead atoms. The molecule has 0 spiro atoms. The van der Waals surface area contributed by atoms with E-state index in [9.17, 15) is 4.79 Å². The number of nitrogens with one attached hydrogen (secondary N) is 1. The largest absolute Gasteiger partial charge is 0.381 e. The molecule has 23 heavy (non-hydrogen) atoms. The average Bonchev–Trinajstić information content (AvgIpc) is 3.33. The first-order valence-corrected chi connectivity index (χ1v) is 8.46. The van der Waals surface area contributed by atoms with Crippen molar-refractivity contribution in [1.29, 1.82) is 0 Å². The third-order valence-corrected chi connectivity index (χ3v) is 4.99. The number of primary amides is 1. The summed E-state index contributed by atoms with van der Waals surface area (Å²) < 4.78 is 5.37. The molecule has 3 rings (SSSR count). The summed E-state index contributed by atoms with van der Waals surface area (Å²) in [5, 5.41) is 3.36. The molecule has 3 N–H and O–H groups in total. The lowest BCUT2D eigenvalue weighted by Crippen LogP contribution is -2.29. The molecule has 2 fully saturated rings. The predicted octanol–water partition coefficient (Wildman–Crippen LogP) is 2.15. The standard InChI is InChI=1S/C17H26N4O2/c1-17(2,11-3-4-11)9-14-13(15(18)22)10-19-16(21-14)20-12-5-7-23-8-6-12/h10-12H,3-9H2,1-2H3,(H2,18,22)(H,19,20,21). The van der Waals surface area contributed by atoms with Gasteiger partial charge in [-0.3, -0.25) is 4.79 Å². The lowest BCUT2D eigenvalue weighted by atomic mass is 9.82. The lowest BCUT2D eigenvalue weighted by Gasteiger charge is -2.26. The molecule has 0 unspecified atom stereocenters. The van der Waals surface area contributed by atoms with Gasteiger partial charge in [-0.2, -0.15) is 0 Å². The number of rotatable bonds is 6. The number of carbonyl (C=O) groups excluding carboxylic acids is 1. The molecule has 6 nitrogen and oxygen atoms in total. The van der Waals surface area contributed by atoms with Crippen LogP contribution in [0, 0.1) is 11.3 Å². The third-order valence-electron chi connectivity index (χ3n) is 4.99. The van der Waals surface area contributed by atoms with Crippen LogP contribution in [0.15, 0.2) is 6.20 Å². The SMILES string of the molecule is CC(C)(Cc1nc(NC2CCOCC2)ncc1C(N)=O)C1CC1. The summed E-state index contributed by atoms with van der Waals surface area (Å²) in [6.45, 7) is 6.00. The van der Waals surface area contributed by atoms with E-state index in [2.05, 4.69) is 29.1 Å². The molecule has 126 valence electrons. The Morgan fingerprint density at radius 1 is 1.35 bits per heavy atom. The minimum Gasteiger partial charge on any atom is -0.381 e. The van der Waals surface area contributed by atoms with Gasteiger partial charge in [0, 0.05) is 25.5 Å². The quantitative estimate of drug-likeness (QED) is 0.838. The number of hydrogen-bond acceptors (Lipinski definition) is 5. The van der Waals surface area contributed by atoms with E-state index in [1.807, 2.05) is 0 Å². The van der Waals surface area contributed by atoms with E-state index in [1.54, 1.807) is 6.20 Å². The zero-order valence-corrected chi connectivity index (χ0v) is 14.0. The van der Waals surface area contributed by atoms with Gasteiger partial charge < -0.3 is 15.8 Å². The maximum Gasteiger partial charge on any atom is 0.252 e. The van der Waals surface area contributed by atoms with Crippen molar-refractivity contribution in [1.82, 2.24) is 9.97 Å². The Labute approximate surface area is 137 Å². The van der Waals surface area contributed by atoms with Gasteiger partial charge in [0.1, 0.15) is 0 Å². The molecule has 1 aliphatic carbocycles. The van der Waals surface area contributed by atoms with Crippen LogP contribution in [0.3, 0.4) is 0 Å². The molecule has 1 aromatic rings. The van der Waals surface area contributed by atoms with Crippen LogP contribution in [-0.2, 0) is 11.2 Å². The predicted molar refractivity (Wildman–Crippen MR) is 88.2 cm³/mol. The minimum absolute atomic E-state index is 0.133. The zero-order valence-electron chi connectivity index (χ0n) is 14.0. The van der Waals surface area contributed by atoms with Crippen molar-refractivity contribution in [2.24, 2.45) is 17.1 Å². The number of amides is 1. The van der Waals surface area contributed by atoms with Crippen LogP contribution in [0.4, 0.5) is 5.95 Å². The molecule has 0 atom stereocenters. The Morgan fingerprint density at radius 2 is 2.04 bits per heavy atom. The molecular weight excluding hydrogens is 292 g/mol. The van der Waals surface area contributed by atoms with Crippen molar-refractivity contribution in [3.05, 3.63) is 17.5 Å². The average molecular weight is 318 g/mol. The molecule has 1 aromatic heterocycles. The molecule has 1 amide bonds. The number of anilines is 1. The fourth-order valence-corrected chi connectivity index (χ4v) is 3.29. The van der Waals surface area contributed by atoms with E-state index in [1.165, 1.54) is 12.8 Å². The Bertz CT molecular complexity index is 578. The van der Waals surface area contributed by atoms with Gasteiger partial charge in [-0.15, -0.1) is 0 Å². The first-order valence-electron chi connectivity index (χ1n) is 8.46. The second-order valence-corrected chi connectivity index (χ2v) is 7.39. The molecule has 0 aromatic carbocycles. The molecule has 0 radical (unpaired) electrons. The van der Waals surface area contributed by atoms with Crippen molar-refractivity contribution in [3.8, 4) is 0 Å². The number of aromatic nitrogens is 2. The van der Waals surface area contributed by atoms with Crippen LogP contribution in [-0.4, -0.2) is 35.1 Å². The Kier molecular flexibility index (Phi) is 4.53. The number of ether oxygens (including phenoxy) is 1. The summed E-state index contributed by atoms with van der Waals surface area (Å²) in [7, 11) is 0. The zero-order chi connectivity index (χ0) is 16.4. The summed E-state index contributed by atoms with van der Waals surface area (Å²) in [4.78, 5) is 20.6. The van der Waals surface area contributed by atoms with Gasteiger partial charge in [0.05, 0.1) is 11.3 Å². The van der Waals surface area contributed by atoms with Crippen molar-refractivity contribution in [3.63, 3.8) is 0 Å². The van der Waals surface area contributed by atoms with E-state index >= 15 is 0 Å². The van der Waals surface area contributed by atoms with E-state index in [4.69, 9.17) is 10.5 Å². The van der Waals surface area contributed by atoms with E-state index < -0.39 is 5.91 Å². The molecule has 1 aliphatic heterocycles. The lowest BCUT2D eigenvalue weighted by molar-refractivity contribution is 0.0903. The fraction of sp³-hybridized carbons (Fsp3) is 0.706. The van der Waals surface area contributed by atoms with E-state index in [0.29, 0.717) is 23.5 Å². The highest BCUT2D eigenvalue weighted by Crippen LogP contribution is 2.47. The van der Waals surface area contributed by atoms with Crippen LogP contribution in [0.2, 0.25) is 0 Å². The first-order chi connectivity index (χ1) is 11.0. The Hall–Kier alpha value is -1.69. The highest BCUT2D eigenvalue weighted by atomic mass is 16.5. The van der Waals surface area contributed by atoms with Crippen molar-refractivity contribution < 1.29 is 9.53 Å². The smallest absolute Gasteiger partial charge is 0.252 e. The van der Waals surface area contributed by atoms with Gasteiger partial charge in [0.15, 0.2) is 0 Å². The summed E-state index contributed by atoms with van der Waals surface area (Å²) in [5.74, 6) is 0.845.